The van der Waals surface area contributed by atoms with Gasteiger partial charge < -0.3 is 14.2 Å². The van der Waals surface area contributed by atoms with Crippen molar-refractivity contribution < 1.29 is 37.0 Å². The fourth-order valence-electron chi connectivity index (χ4n) is 2.89. The topological polar surface area (TPSA) is 116 Å². The Bertz CT molecular complexity index is 777. The van der Waals surface area contributed by atoms with Gasteiger partial charge in [0.25, 0.3) is 5.91 Å². The largest absolute Gasteiger partial charge is 0.461 e. The molecular weight excluding hydrogens is 366 g/mol. The molecule has 2 aliphatic heterocycles. The molecule has 1 unspecified atom stereocenters. The van der Waals surface area contributed by atoms with Gasteiger partial charge in [-0.15, -0.1) is 0 Å². The molecule has 2 heterocycles. The number of hydrogen-bond acceptors (Lipinski definition) is 8. The summed E-state index contributed by atoms with van der Waals surface area (Å²) < 4.78 is 40.8. The van der Waals surface area contributed by atoms with Crippen LogP contribution in [0.3, 0.4) is 0 Å². The van der Waals surface area contributed by atoms with Crippen LogP contribution in [0.25, 0.3) is 0 Å². The van der Waals surface area contributed by atoms with E-state index in [-0.39, 0.29) is 11.3 Å². The molecule has 2 rings (SSSR count). The molecule has 26 heavy (non-hydrogen) atoms. The van der Waals surface area contributed by atoms with Crippen LogP contribution < -0.4 is 0 Å². The Balaban J connectivity index is 2.59. The highest BCUT2D eigenvalue weighted by Crippen LogP contribution is 2.41. The zero-order chi connectivity index (χ0) is 20.0. The molecule has 1 amide bonds. The number of esters is 2. The van der Waals surface area contributed by atoms with Crippen molar-refractivity contribution in [3.63, 3.8) is 0 Å². The first kappa shape index (κ1) is 20.4. The number of carbonyl (C=O) groups excluding carboxylic acids is 3. The second-order valence-corrected chi connectivity index (χ2v) is 9.51. The van der Waals surface area contributed by atoms with Gasteiger partial charge in [0, 0.05) is 19.6 Å². The maximum absolute atomic E-state index is 12.8. The van der Waals surface area contributed by atoms with E-state index in [2.05, 4.69) is 0 Å². The minimum absolute atomic E-state index is 0.00797. The van der Waals surface area contributed by atoms with Gasteiger partial charge in [0.1, 0.15) is 17.9 Å². The molecule has 0 aromatic rings. The third kappa shape index (κ3) is 3.35. The van der Waals surface area contributed by atoms with Crippen molar-refractivity contribution in [3.05, 3.63) is 11.3 Å². The lowest BCUT2D eigenvalue weighted by atomic mass is 10.0. The van der Waals surface area contributed by atoms with Gasteiger partial charge in [-0.3, -0.25) is 14.5 Å². The number of sulfone groups is 1. The minimum Gasteiger partial charge on any atom is -0.461 e. The number of amides is 1. The standard InChI is InChI=1S/C16H23NO8S/c1-8-10(7-24-9(2)18)11(15(20)25-16(3,4)5)17-13(19)12(23-6)14(17)26(8,21)22/h8,12,14H,7H2,1-6H3/t8-,12-,14?/m0/s1. The van der Waals surface area contributed by atoms with Crippen molar-refractivity contribution in [2.75, 3.05) is 13.7 Å². The summed E-state index contributed by atoms with van der Waals surface area (Å²) in [5.41, 5.74) is -1.05. The van der Waals surface area contributed by atoms with Crippen molar-refractivity contribution in [1.29, 1.82) is 0 Å². The van der Waals surface area contributed by atoms with Crippen LogP contribution in [0.5, 0.6) is 0 Å². The van der Waals surface area contributed by atoms with Crippen LogP contribution in [-0.4, -0.2) is 67.2 Å². The van der Waals surface area contributed by atoms with Crippen molar-refractivity contribution in [1.82, 2.24) is 4.90 Å². The molecule has 1 saturated heterocycles. The maximum atomic E-state index is 12.8. The Labute approximate surface area is 152 Å². The lowest BCUT2D eigenvalue weighted by Gasteiger charge is -2.50. The van der Waals surface area contributed by atoms with Crippen LogP contribution >= 0.6 is 0 Å². The zero-order valence-electron chi connectivity index (χ0n) is 15.6. The SMILES string of the molecule is CO[C@H]1C(=O)N2C(C(=O)OC(C)(C)C)=C(COC(C)=O)[C@H](C)S(=O)(=O)C12. The summed E-state index contributed by atoms with van der Waals surface area (Å²) in [6, 6.07) is 0. The van der Waals surface area contributed by atoms with E-state index in [9.17, 15) is 22.8 Å². The monoisotopic (exact) mass is 389 g/mol. The number of rotatable bonds is 4. The minimum atomic E-state index is -3.88. The van der Waals surface area contributed by atoms with Gasteiger partial charge in [0.05, 0.1) is 5.25 Å². The van der Waals surface area contributed by atoms with Gasteiger partial charge in [0.2, 0.25) is 0 Å². The third-order valence-corrected chi connectivity index (χ3v) is 6.54. The molecule has 0 N–H and O–H groups in total. The highest BCUT2D eigenvalue weighted by Gasteiger charge is 2.63. The molecule has 3 atom stereocenters. The summed E-state index contributed by atoms with van der Waals surface area (Å²) in [5.74, 6) is -2.15. The Morgan fingerprint density at radius 2 is 1.81 bits per heavy atom. The fourth-order valence-corrected chi connectivity index (χ4v) is 4.96. The van der Waals surface area contributed by atoms with E-state index >= 15 is 0 Å². The predicted molar refractivity (Wildman–Crippen MR) is 89.3 cm³/mol. The highest BCUT2D eigenvalue weighted by atomic mass is 32.2. The highest BCUT2D eigenvalue weighted by molar-refractivity contribution is 7.93. The second-order valence-electron chi connectivity index (χ2n) is 7.14. The molecule has 2 aliphatic rings. The molecule has 0 aliphatic carbocycles. The summed E-state index contributed by atoms with van der Waals surface area (Å²) in [6.07, 6.45) is -1.19. The van der Waals surface area contributed by atoms with Gasteiger partial charge in [-0.25, -0.2) is 13.2 Å². The molecule has 0 bridgehead atoms. The van der Waals surface area contributed by atoms with Gasteiger partial charge >= 0.3 is 11.9 Å². The first-order valence-electron chi connectivity index (χ1n) is 8.01. The molecule has 9 nitrogen and oxygen atoms in total. The summed E-state index contributed by atoms with van der Waals surface area (Å²) in [4.78, 5) is 37.1. The van der Waals surface area contributed by atoms with E-state index in [1.54, 1.807) is 20.8 Å². The molecule has 10 heteroatoms. The molecule has 0 saturated carbocycles. The normalized spacial score (nSPS) is 27.5. The van der Waals surface area contributed by atoms with Gasteiger partial charge in [-0.2, -0.15) is 0 Å². The average molecular weight is 389 g/mol. The number of ether oxygens (including phenoxy) is 3. The summed E-state index contributed by atoms with van der Waals surface area (Å²) in [7, 11) is -2.65. The maximum Gasteiger partial charge on any atom is 0.355 e. The fraction of sp³-hybridized carbons (Fsp3) is 0.688. The molecule has 0 aromatic carbocycles. The van der Waals surface area contributed by atoms with Gasteiger partial charge in [0.15, 0.2) is 21.3 Å². The number of β-lactam (4-membered cyclic amide) rings is 1. The van der Waals surface area contributed by atoms with Gasteiger partial charge in [-0.05, 0) is 27.7 Å². The summed E-state index contributed by atoms with van der Waals surface area (Å²) in [6.45, 7) is 7.05. The van der Waals surface area contributed by atoms with Crippen LogP contribution in [0.1, 0.15) is 34.6 Å². The van der Waals surface area contributed by atoms with E-state index in [4.69, 9.17) is 14.2 Å². The molecule has 0 spiro atoms. The van der Waals surface area contributed by atoms with E-state index in [0.717, 1.165) is 11.8 Å². The quantitative estimate of drug-likeness (QED) is 0.493. The van der Waals surface area contributed by atoms with E-state index < -0.39 is 56.6 Å². The molecule has 1 fully saturated rings. The van der Waals surface area contributed by atoms with Crippen molar-refractivity contribution in [2.24, 2.45) is 0 Å². The number of hydrogen-bond donors (Lipinski definition) is 0. The number of nitrogens with zero attached hydrogens (tertiary/aromatic N) is 1. The van der Waals surface area contributed by atoms with Crippen molar-refractivity contribution in [2.45, 2.75) is 56.9 Å². The molecule has 146 valence electrons. The average Bonchev–Trinajstić information content (AvgIpc) is 2.47. The lowest BCUT2D eigenvalue weighted by molar-refractivity contribution is -0.167. The number of fused-ring (bicyclic) bond motifs is 1. The Hall–Kier alpha value is -1.94. The second kappa shape index (κ2) is 6.66. The summed E-state index contributed by atoms with van der Waals surface area (Å²) >= 11 is 0. The van der Waals surface area contributed by atoms with Gasteiger partial charge in [-0.1, -0.05) is 0 Å². The first-order chi connectivity index (χ1) is 11.8. The number of methoxy groups -OCH3 is 1. The van der Waals surface area contributed by atoms with E-state index in [0.29, 0.717) is 0 Å². The van der Waals surface area contributed by atoms with Crippen molar-refractivity contribution in [3.8, 4) is 0 Å². The predicted octanol–water partition coefficient (Wildman–Crippen LogP) is 0.146. The molecule has 0 aromatic heterocycles. The van der Waals surface area contributed by atoms with Crippen LogP contribution in [0.15, 0.2) is 11.3 Å². The van der Waals surface area contributed by atoms with Crippen LogP contribution in [-0.2, 0) is 38.4 Å². The molecular formula is C16H23NO8S. The third-order valence-electron chi connectivity index (χ3n) is 4.14. The van der Waals surface area contributed by atoms with Crippen molar-refractivity contribution >= 4 is 27.7 Å². The number of carbonyl (C=O) groups is 3. The van der Waals surface area contributed by atoms with Crippen LogP contribution in [0.2, 0.25) is 0 Å². The van der Waals surface area contributed by atoms with E-state index in [1.807, 2.05) is 0 Å². The Morgan fingerprint density at radius 3 is 2.27 bits per heavy atom. The smallest absolute Gasteiger partial charge is 0.355 e. The Morgan fingerprint density at radius 1 is 1.23 bits per heavy atom. The lowest BCUT2D eigenvalue weighted by Crippen LogP contribution is -2.72. The molecule has 0 radical (unpaired) electrons. The first-order valence-corrected chi connectivity index (χ1v) is 9.62. The zero-order valence-corrected chi connectivity index (χ0v) is 16.4. The van der Waals surface area contributed by atoms with E-state index in [1.165, 1.54) is 14.0 Å². The van der Waals surface area contributed by atoms with Crippen LogP contribution in [0.4, 0.5) is 0 Å². The summed E-state index contributed by atoms with van der Waals surface area (Å²) in [5, 5.41) is -2.45. The Kier molecular flexibility index (Phi) is 5.22. The van der Waals surface area contributed by atoms with Crippen LogP contribution in [0, 0.1) is 0 Å².